The van der Waals surface area contributed by atoms with Crippen LogP contribution in [-0.4, -0.2) is 44.9 Å². The molecule has 0 spiro atoms. The summed E-state index contributed by atoms with van der Waals surface area (Å²) >= 11 is 0. The molecule has 0 aromatic heterocycles. The van der Waals surface area contributed by atoms with Crippen LogP contribution in [0.5, 0.6) is 0 Å². The minimum absolute atomic E-state index is 0.0438. The zero-order valence-electron chi connectivity index (χ0n) is 9.58. The maximum atomic E-state index is 11.0. The van der Waals surface area contributed by atoms with Crippen LogP contribution in [0.2, 0.25) is 0 Å². The fraction of sp³-hybridized carbons (Fsp3) is 0.900. The van der Waals surface area contributed by atoms with Crippen molar-refractivity contribution in [2.75, 3.05) is 34.0 Å². The fourth-order valence-electron chi connectivity index (χ4n) is 0.748. The van der Waals surface area contributed by atoms with Gasteiger partial charge in [-0.3, -0.25) is 9.69 Å². The van der Waals surface area contributed by atoms with E-state index < -0.39 is 0 Å². The van der Waals surface area contributed by atoms with Crippen LogP contribution in [0.15, 0.2) is 0 Å². The molecule has 0 rings (SSSR count). The molecule has 0 aliphatic heterocycles. The van der Waals surface area contributed by atoms with Crippen LogP contribution in [0.1, 0.15) is 20.3 Å². The number of hydrogen-bond donors (Lipinski definition) is 0. The first-order valence-electron chi connectivity index (χ1n) is 4.93. The van der Waals surface area contributed by atoms with Crippen molar-refractivity contribution in [2.24, 2.45) is 5.92 Å². The molecule has 0 aromatic carbocycles. The standard InChI is InChI=1S/C10H21NO3/c1-9(2)10(12)14-7-5-6-13-8-11(3)4/h9H,5-8H2,1-4H3. The normalized spacial score (nSPS) is 11.0. The Bertz CT molecular complexity index is 157. The Balaban J connectivity index is 3.18. The van der Waals surface area contributed by atoms with Crippen LogP contribution in [0.25, 0.3) is 0 Å². The highest BCUT2D eigenvalue weighted by Gasteiger charge is 2.06. The minimum Gasteiger partial charge on any atom is -0.465 e. The van der Waals surface area contributed by atoms with Gasteiger partial charge in [0, 0.05) is 6.42 Å². The second-order valence-corrected chi connectivity index (χ2v) is 3.79. The molecular weight excluding hydrogens is 182 g/mol. The van der Waals surface area contributed by atoms with Crippen molar-refractivity contribution >= 4 is 5.97 Å². The van der Waals surface area contributed by atoms with E-state index in [0.29, 0.717) is 19.9 Å². The van der Waals surface area contributed by atoms with Gasteiger partial charge in [0.2, 0.25) is 0 Å². The van der Waals surface area contributed by atoms with Gasteiger partial charge in [-0.05, 0) is 14.1 Å². The van der Waals surface area contributed by atoms with Gasteiger partial charge in [-0.2, -0.15) is 0 Å². The summed E-state index contributed by atoms with van der Waals surface area (Å²) in [6.07, 6.45) is 0.756. The number of nitrogens with zero attached hydrogens (tertiary/aromatic N) is 1. The van der Waals surface area contributed by atoms with E-state index >= 15 is 0 Å². The molecule has 0 N–H and O–H groups in total. The van der Waals surface area contributed by atoms with E-state index in [0.717, 1.165) is 6.42 Å². The molecule has 84 valence electrons. The Hall–Kier alpha value is -0.610. The van der Waals surface area contributed by atoms with Crippen molar-refractivity contribution < 1.29 is 14.3 Å². The Labute approximate surface area is 86.2 Å². The third kappa shape index (κ3) is 8.01. The monoisotopic (exact) mass is 203 g/mol. The predicted octanol–water partition coefficient (Wildman–Crippen LogP) is 1.11. The predicted molar refractivity (Wildman–Crippen MR) is 54.9 cm³/mol. The van der Waals surface area contributed by atoms with Gasteiger partial charge in [0.25, 0.3) is 0 Å². The SMILES string of the molecule is CC(C)C(=O)OCCCOCN(C)C. The number of hydrogen-bond acceptors (Lipinski definition) is 4. The number of rotatable bonds is 7. The lowest BCUT2D eigenvalue weighted by atomic mass is 10.2. The van der Waals surface area contributed by atoms with Crippen molar-refractivity contribution in [1.82, 2.24) is 4.90 Å². The third-order valence-electron chi connectivity index (χ3n) is 1.50. The Kier molecular flexibility index (Phi) is 7.42. The van der Waals surface area contributed by atoms with Crippen molar-refractivity contribution in [1.29, 1.82) is 0 Å². The zero-order valence-corrected chi connectivity index (χ0v) is 9.58. The van der Waals surface area contributed by atoms with E-state index in [-0.39, 0.29) is 11.9 Å². The molecule has 0 unspecified atom stereocenters. The molecule has 0 aliphatic carbocycles. The maximum absolute atomic E-state index is 11.0. The van der Waals surface area contributed by atoms with E-state index in [2.05, 4.69) is 0 Å². The average Bonchev–Trinajstić information content (AvgIpc) is 2.09. The Morgan fingerprint density at radius 3 is 2.43 bits per heavy atom. The first-order valence-corrected chi connectivity index (χ1v) is 4.93. The molecule has 0 aliphatic rings. The zero-order chi connectivity index (χ0) is 11.0. The van der Waals surface area contributed by atoms with Crippen LogP contribution < -0.4 is 0 Å². The lowest BCUT2D eigenvalue weighted by Gasteiger charge is -2.10. The lowest BCUT2D eigenvalue weighted by molar-refractivity contribution is -0.147. The van der Waals surface area contributed by atoms with Crippen molar-refractivity contribution in [3.8, 4) is 0 Å². The Morgan fingerprint density at radius 1 is 1.29 bits per heavy atom. The smallest absolute Gasteiger partial charge is 0.308 e. The van der Waals surface area contributed by atoms with Gasteiger partial charge < -0.3 is 9.47 Å². The van der Waals surface area contributed by atoms with Crippen molar-refractivity contribution in [3.63, 3.8) is 0 Å². The van der Waals surface area contributed by atoms with Crippen LogP contribution in [0.4, 0.5) is 0 Å². The maximum Gasteiger partial charge on any atom is 0.308 e. The summed E-state index contributed by atoms with van der Waals surface area (Å²) in [5, 5.41) is 0. The van der Waals surface area contributed by atoms with Crippen molar-refractivity contribution in [2.45, 2.75) is 20.3 Å². The number of carbonyl (C=O) groups is 1. The highest BCUT2D eigenvalue weighted by atomic mass is 16.5. The fourth-order valence-corrected chi connectivity index (χ4v) is 0.748. The Morgan fingerprint density at radius 2 is 1.93 bits per heavy atom. The summed E-state index contributed by atoms with van der Waals surface area (Å²) in [5.74, 6) is -0.185. The molecule has 0 aromatic rings. The lowest BCUT2D eigenvalue weighted by Crippen LogP contribution is -2.18. The van der Waals surface area contributed by atoms with Crippen LogP contribution >= 0.6 is 0 Å². The minimum atomic E-state index is -0.141. The van der Waals surface area contributed by atoms with Gasteiger partial charge in [-0.15, -0.1) is 0 Å². The molecule has 14 heavy (non-hydrogen) atoms. The van der Waals surface area contributed by atoms with Gasteiger partial charge in [0.15, 0.2) is 0 Å². The molecule has 0 saturated heterocycles. The van der Waals surface area contributed by atoms with Gasteiger partial charge in [-0.25, -0.2) is 0 Å². The molecule has 0 fully saturated rings. The first-order chi connectivity index (χ1) is 6.54. The largest absolute Gasteiger partial charge is 0.465 e. The summed E-state index contributed by atoms with van der Waals surface area (Å²) in [7, 11) is 3.89. The molecule has 4 heteroatoms. The van der Waals surface area contributed by atoms with Crippen LogP contribution in [-0.2, 0) is 14.3 Å². The summed E-state index contributed by atoms with van der Waals surface area (Å²) in [6.45, 7) is 5.34. The summed E-state index contributed by atoms with van der Waals surface area (Å²) in [4.78, 5) is 13.0. The van der Waals surface area contributed by atoms with E-state index in [1.807, 2.05) is 32.8 Å². The number of esters is 1. The highest BCUT2D eigenvalue weighted by molar-refractivity contribution is 5.71. The molecule has 4 nitrogen and oxygen atoms in total. The molecule has 0 amide bonds. The van der Waals surface area contributed by atoms with Gasteiger partial charge in [0.1, 0.15) is 0 Å². The van der Waals surface area contributed by atoms with E-state index in [1.165, 1.54) is 0 Å². The van der Waals surface area contributed by atoms with Crippen molar-refractivity contribution in [3.05, 3.63) is 0 Å². The van der Waals surface area contributed by atoms with E-state index in [9.17, 15) is 4.79 Å². The summed E-state index contributed by atoms with van der Waals surface area (Å²) in [6, 6.07) is 0. The molecular formula is C10H21NO3. The second-order valence-electron chi connectivity index (χ2n) is 3.79. The molecule has 0 bridgehead atoms. The highest BCUT2D eigenvalue weighted by Crippen LogP contribution is 1.96. The van der Waals surface area contributed by atoms with Gasteiger partial charge in [-0.1, -0.05) is 13.8 Å². The molecule has 0 radical (unpaired) electrons. The van der Waals surface area contributed by atoms with Gasteiger partial charge in [0.05, 0.1) is 25.9 Å². The summed E-state index contributed by atoms with van der Waals surface area (Å²) < 4.78 is 10.2. The molecule has 0 heterocycles. The number of ether oxygens (including phenoxy) is 2. The van der Waals surface area contributed by atoms with Gasteiger partial charge >= 0.3 is 5.97 Å². The number of carbonyl (C=O) groups excluding carboxylic acids is 1. The third-order valence-corrected chi connectivity index (χ3v) is 1.50. The summed E-state index contributed by atoms with van der Waals surface area (Å²) in [5.41, 5.74) is 0. The first kappa shape index (κ1) is 13.4. The van der Waals surface area contributed by atoms with E-state index in [1.54, 1.807) is 0 Å². The average molecular weight is 203 g/mol. The molecule has 0 atom stereocenters. The quantitative estimate of drug-likeness (QED) is 0.353. The van der Waals surface area contributed by atoms with Crippen LogP contribution in [0.3, 0.4) is 0 Å². The van der Waals surface area contributed by atoms with E-state index in [4.69, 9.17) is 9.47 Å². The second kappa shape index (κ2) is 7.76. The van der Waals surface area contributed by atoms with Crippen LogP contribution in [0, 0.1) is 5.92 Å². The topological polar surface area (TPSA) is 38.8 Å². The molecule has 0 saturated carbocycles.